The molecule has 162 valence electrons. The van der Waals surface area contributed by atoms with Gasteiger partial charge in [0.05, 0.1) is 13.2 Å². The summed E-state index contributed by atoms with van der Waals surface area (Å²) in [7, 11) is 0. The average molecular weight is 411 g/mol. The van der Waals surface area contributed by atoms with Gasteiger partial charge in [0.15, 0.2) is 11.5 Å². The van der Waals surface area contributed by atoms with E-state index in [0.717, 1.165) is 36.6 Å². The van der Waals surface area contributed by atoms with Crippen molar-refractivity contribution in [1.29, 1.82) is 0 Å². The van der Waals surface area contributed by atoms with Crippen LogP contribution in [0.2, 0.25) is 0 Å². The first-order valence-electron chi connectivity index (χ1n) is 11.2. The second kappa shape index (κ2) is 11.5. The van der Waals surface area contributed by atoms with Crippen molar-refractivity contribution in [3.8, 4) is 11.5 Å². The van der Waals surface area contributed by atoms with Crippen LogP contribution in [0.15, 0.2) is 42.5 Å². The molecule has 0 spiro atoms. The third-order valence-electron chi connectivity index (χ3n) is 5.38. The maximum Gasteiger partial charge on any atom is 0.220 e. The van der Waals surface area contributed by atoms with E-state index in [1.54, 1.807) is 0 Å². The van der Waals surface area contributed by atoms with E-state index in [1.807, 2.05) is 32.0 Å². The van der Waals surface area contributed by atoms with Crippen molar-refractivity contribution in [1.82, 2.24) is 5.32 Å². The molecule has 30 heavy (non-hydrogen) atoms. The molecule has 0 saturated heterocycles. The number of para-hydroxylation sites is 1. The summed E-state index contributed by atoms with van der Waals surface area (Å²) >= 11 is 0. The smallest absolute Gasteiger partial charge is 0.220 e. The lowest BCUT2D eigenvalue weighted by Crippen LogP contribution is -2.33. The normalized spacial score (nSPS) is 12.9. The number of hydrogen-bond donors (Lipinski definition) is 1. The highest BCUT2D eigenvalue weighted by Gasteiger charge is 2.15. The quantitative estimate of drug-likeness (QED) is 0.559. The van der Waals surface area contributed by atoms with Gasteiger partial charge in [-0.25, -0.2) is 0 Å². The molecule has 5 heteroatoms. The lowest BCUT2D eigenvalue weighted by atomic mass is 10.0. The summed E-state index contributed by atoms with van der Waals surface area (Å²) in [5.74, 6) is 1.60. The molecule has 0 atom stereocenters. The number of anilines is 1. The Morgan fingerprint density at radius 3 is 2.70 bits per heavy atom. The molecule has 1 aliphatic rings. The van der Waals surface area contributed by atoms with E-state index in [1.165, 1.54) is 24.1 Å². The van der Waals surface area contributed by atoms with Crippen LogP contribution in [0.4, 0.5) is 5.69 Å². The summed E-state index contributed by atoms with van der Waals surface area (Å²) in [5, 5.41) is 3.07. The van der Waals surface area contributed by atoms with Crippen LogP contribution in [0.25, 0.3) is 0 Å². The van der Waals surface area contributed by atoms with Crippen LogP contribution in [0.3, 0.4) is 0 Å². The minimum Gasteiger partial charge on any atom is -0.490 e. The zero-order valence-electron chi connectivity index (χ0n) is 18.3. The Morgan fingerprint density at radius 2 is 1.87 bits per heavy atom. The van der Waals surface area contributed by atoms with Crippen LogP contribution < -0.4 is 19.7 Å². The fourth-order valence-corrected chi connectivity index (χ4v) is 3.94. The van der Waals surface area contributed by atoms with Gasteiger partial charge in [0.1, 0.15) is 0 Å². The van der Waals surface area contributed by atoms with Crippen molar-refractivity contribution in [2.24, 2.45) is 0 Å². The minimum atomic E-state index is 0.0980. The first-order chi connectivity index (χ1) is 14.7. The molecule has 1 amide bonds. The van der Waals surface area contributed by atoms with Crippen LogP contribution in [-0.2, 0) is 17.6 Å². The Hall–Kier alpha value is -2.69. The molecule has 1 heterocycles. The lowest BCUT2D eigenvalue weighted by Gasteiger charge is -2.31. The zero-order valence-corrected chi connectivity index (χ0v) is 18.3. The standard InChI is InChI=1S/C25H34N2O3/c1-3-29-23-14-12-20(19-24(23)30-4-2)13-15-25(28)26-16-8-18-27-17-7-10-21-9-5-6-11-22(21)27/h5-6,9,11-12,14,19H,3-4,7-8,10,13,15-18H2,1-2H3,(H,26,28). The van der Waals surface area contributed by atoms with Gasteiger partial charge in [-0.3, -0.25) is 4.79 Å². The van der Waals surface area contributed by atoms with Crippen molar-refractivity contribution >= 4 is 11.6 Å². The van der Waals surface area contributed by atoms with E-state index < -0.39 is 0 Å². The van der Waals surface area contributed by atoms with Crippen molar-refractivity contribution in [3.63, 3.8) is 0 Å². The number of ether oxygens (including phenoxy) is 2. The lowest BCUT2D eigenvalue weighted by molar-refractivity contribution is -0.121. The van der Waals surface area contributed by atoms with Gasteiger partial charge < -0.3 is 19.7 Å². The molecule has 2 aromatic rings. The molecule has 0 bridgehead atoms. The van der Waals surface area contributed by atoms with Gasteiger partial charge in [0.2, 0.25) is 5.91 Å². The molecule has 1 aliphatic heterocycles. The Labute approximate surface area is 180 Å². The van der Waals surface area contributed by atoms with E-state index in [2.05, 4.69) is 34.5 Å². The predicted molar refractivity (Wildman–Crippen MR) is 122 cm³/mol. The highest BCUT2D eigenvalue weighted by molar-refractivity contribution is 5.76. The van der Waals surface area contributed by atoms with E-state index >= 15 is 0 Å². The summed E-state index contributed by atoms with van der Waals surface area (Å²) in [6, 6.07) is 14.6. The fourth-order valence-electron chi connectivity index (χ4n) is 3.94. The molecule has 5 nitrogen and oxygen atoms in total. The molecule has 0 radical (unpaired) electrons. The zero-order chi connectivity index (χ0) is 21.2. The van der Waals surface area contributed by atoms with Crippen LogP contribution in [0.5, 0.6) is 11.5 Å². The number of carbonyl (C=O) groups excluding carboxylic acids is 1. The van der Waals surface area contributed by atoms with Gasteiger partial charge in [-0.2, -0.15) is 0 Å². The second-order valence-electron chi connectivity index (χ2n) is 7.57. The van der Waals surface area contributed by atoms with Crippen LogP contribution in [-0.4, -0.2) is 38.8 Å². The van der Waals surface area contributed by atoms with Crippen molar-refractivity contribution in [2.45, 2.75) is 46.0 Å². The maximum atomic E-state index is 12.3. The third-order valence-corrected chi connectivity index (χ3v) is 5.38. The number of benzene rings is 2. The molecule has 0 saturated carbocycles. The third kappa shape index (κ3) is 6.15. The van der Waals surface area contributed by atoms with E-state index in [0.29, 0.717) is 32.6 Å². The van der Waals surface area contributed by atoms with E-state index in [-0.39, 0.29) is 5.91 Å². The van der Waals surface area contributed by atoms with Gasteiger partial charge in [0.25, 0.3) is 0 Å². The first kappa shape index (κ1) is 22.0. The Balaban J connectivity index is 1.40. The van der Waals surface area contributed by atoms with E-state index in [4.69, 9.17) is 9.47 Å². The number of fused-ring (bicyclic) bond motifs is 1. The highest BCUT2D eigenvalue weighted by Crippen LogP contribution is 2.29. The fraction of sp³-hybridized carbons (Fsp3) is 0.480. The number of nitrogens with one attached hydrogen (secondary N) is 1. The molecule has 0 unspecified atom stereocenters. The van der Waals surface area contributed by atoms with Crippen LogP contribution >= 0.6 is 0 Å². The Kier molecular flexibility index (Phi) is 8.42. The number of carbonyl (C=O) groups is 1. The van der Waals surface area contributed by atoms with Gasteiger partial charge in [-0.05, 0) is 68.9 Å². The van der Waals surface area contributed by atoms with E-state index in [9.17, 15) is 4.79 Å². The summed E-state index contributed by atoms with van der Waals surface area (Å²) in [4.78, 5) is 14.7. The molecular formula is C25H34N2O3. The van der Waals surface area contributed by atoms with Gasteiger partial charge in [0, 0.05) is 31.7 Å². The first-order valence-corrected chi connectivity index (χ1v) is 11.2. The number of aryl methyl sites for hydroxylation is 2. The monoisotopic (exact) mass is 410 g/mol. The molecule has 2 aromatic carbocycles. The van der Waals surface area contributed by atoms with Crippen LogP contribution in [0.1, 0.15) is 44.2 Å². The summed E-state index contributed by atoms with van der Waals surface area (Å²) in [5.41, 5.74) is 3.88. The number of rotatable bonds is 11. The van der Waals surface area contributed by atoms with Crippen LogP contribution in [0, 0.1) is 0 Å². The topological polar surface area (TPSA) is 50.8 Å². The number of hydrogen-bond acceptors (Lipinski definition) is 4. The largest absolute Gasteiger partial charge is 0.490 e. The summed E-state index contributed by atoms with van der Waals surface area (Å²) < 4.78 is 11.3. The van der Waals surface area contributed by atoms with Crippen molar-refractivity contribution in [2.75, 3.05) is 37.7 Å². The predicted octanol–water partition coefficient (Wildman–Crippen LogP) is 4.38. The second-order valence-corrected chi connectivity index (χ2v) is 7.57. The van der Waals surface area contributed by atoms with Gasteiger partial charge in [-0.1, -0.05) is 24.3 Å². The number of amides is 1. The minimum absolute atomic E-state index is 0.0980. The molecular weight excluding hydrogens is 376 g/mol. The van der Waals surface area contributed by atoms with Crippen molar-refractivity contribution < 1.29 is 14.3 Å². The Bertz CT molecular complexity index is 822. The molecule has 0 aromatic heterocycles. The van der Waals surface area contributed by atoms with Crippen molar-refractivity contribution in [3.05, 3.63) is 53.6 Å². The number of nitrogens with zero attached hydrogens (tertiary/aromatic N) is 1. The summed E-state index contributed by atoms with van der Waals surface area (Å²) in [6.07, 6.45) is 4.50. The maximum absolute atomic E-state index is 12.3. The summed E-state index contributed by atoms with van der Waals surface area (Å²) in [6.45, 7) is 7.90. The molecule has 1 N–H and O–H groups in total. The molecule has 0 fully saturated rings. The van der Waals surface area contributed by atoms with Gasteiger partial charge in [-0.15, -0.1) is 0 Å². The Morgan fingerprint density at radius 1 is 1.07 bits per heavy atom. The SMILES string of the molecule is CCOc1ccc(CCC(=O)NCCCN2CCCc3ccccc32)cc1OCC. The molecule has 0 aliphatic carbocycles. The molecule has 3 rings (SSSR count). The average Bonchev–Trinajstić information content (AvgIpc) is 2.77. The van der Waals surface area contributed by atoms with Gasteiger partial charge >= 0.3 is 0 Å². The highest BCUT2D eigenvalue weighted by atomic mass is 16.5.